The van der Waals surface area contributed by atoms with Crippen molar-refractivity contribution in [2.75, 3.05) is 0 Å². The van der Waals surface area contributed by atoms with Crippen molar-refractivity contribution in [3.63, 3.8) is 0 Å². The molecule has 0 unspecified atom stereocenters. The summed E-state index contributed by atoms with van der Waals surface area (Å²) in [6.07, 6.45) is 17.0. The van der Waals surface area contributed by atoms with Gasteiger partial charge in [0.05, 0.1) is 42.9 Å². The second-order valence-corrected chi connectivity index (χ2v) is 11.1. The highest BCUT2D eigenvalue weighted by atomic mass is 15.6. The van der Waals surface area contributed by atoms with Crippen LogP contribution in [0, 0.1) is 48.5 Å². The molecule has 7 aromatic heterocycles. The van der Waals surface area contributed by atoms with Crippen molar-refractivity contribution < 1.29 is 0 Å². The molecule has 17 heteroatoms. The molecule has 0 fully saturated rings. The van der Waals surface area contributed by atoms with E-state index in [1.165, 1.54) is 20.7 Å². The molecule has 63 heavy (non-hydrogen) atoms. The molecule has 0 atom stereocenters. The molecule has 0 saturated heterocycles. The number of nitrogens with zero attached hydrogens (tertiary/aromatic N) is 17. The van der Waals surface area contributed by atoms with Crippen LogP contribution in [0.2, 0.25) is 0 Å². The number of hydrogen-bond donors (Lipinski definition) is 0. The topological polar surface area (TPSA) is 163 Å². The molecular formula is C46H95N17. The molecule has 7 heterocycles. The lowest BCUT2D eigenvalue weighted by Gasteiger charge is -1.80. The smallest absolute Gasteiger partial charge is 0.171 e. The van der Waals surface area contributed by atoms with Gasteiger partial charge < -0.3 is 9.13 Å². The Balaban J connectivity index is -0.000000111. The molecule has 7 aromatic rings. The number of tetrazole rings is 1. The minimum absolute atomic E-state index is 0.711. The summed E-state index contributed by atoms with van der Waals surface area (Å²) in [5, 5.41) is 30.6. The first kappa shape index (κ1) is 71.7. The largest absolute Gasteiger partial charge is 0.357 e. The molecule has 0 aliphatic heterocycles. The van der Waals surface area contributed by atoms with Crippen molar-refractivity contribution in [3.05, 3.63) is 108 Å². The zero-order valence-corrected chi connectivity index (χ0v) is 45.5. The summed E-state index contributed by atoms with van der Waals surface area (Å²) in [4.78, 5) is 10.8. The van der Waals surface area contributed by atoms with Crippen LogP contribution in [-0.4, -0.2) is 83.6 Å². The van der Waals surface area contributed by atoms with Crippen molar-refractivity contribution in [2.45, 2.75) is 145 Å². The van der Waals surface area contributed by atoms with E-state index in [0.29, 0.717) is 5.82 Å². The lowest BCUT2D eigenvalue weighted by molar-refractivity contribution is 0.629. The molecule has 0 saturated carbocycles. The first-order valence-electron chi connectivity index (χ1n) is 22.3. The summed E-state index contributed by atoms with van der Waals surface area (Å²) in [6.45, 7) is 41.6. The van der Waals surface area contributed by atoms with Crippen LogP contribution in [0.15, 0.2) is 68.2 Å². The monoisotopic (exact) mass is 886 g/mol. The van der Waals surface area contributed by atoms with E-state index in [1.807, 2.05) is 213 Å². The Bertz CT molecular complexity index is 1360. The molecule has 17 nitrogen and oxygen atoms in total. The SMILES string of the molecule is CC.CC.CC.CC.CC.CC.CC.Cc1ccn(C)c1.Cc1ccn(C)n1.Cc1cn(C)cn1.Cc1cnn(C)c1.Cc1cnn(C)n1.Cc1ncn(C)n1.Cc1nnn(C)n1. The lowest BCUT2D eigenvalue weighted by atomic mass is 10.4. The maximum Gasteiger partial charge on any atom is 0.171 e. The molecule has 0 aromatic carbocycles. The minimum atomic E-state index is 0.711. The van der Waals surface area contributed by atoms with Crippen LogP contribution in [-0.2, 0) is 49.3 Å². The van der Waals surface area contributed by atoms with E-state index in [0.717, 1.165) is 22.9 Å². The predicted octanol–water partition coefficient (Wildman–Crippen LogP) is 10.5. The third-order valence-electron chi connectivity index (χ3n) is 5.53. The van der Waals surface area contributed by atoms with Crippen LogP contribution >= 0.6 is 0 Å². The van der Waals surface area contributed by atoms with Crippen molar-refractivity contribution in [3.8, 4) is 0 Å². The van der Waals surface area contributed by atoms with E-state index >= 15 is 0 Å². The fraction of sp³-hybridized carbons (Fsp3) is 0.609. The highest BCUT2D eigenvalue weighted by Gasteiger charge is 1.87. The van der Waals surface area contributed by atoms with Crippen molar-refractivity contribution in [1.29, 1.82) is 0 Å². The van der Waals surface area contributed by atoms with Gasteiger partial charge in [-0.2, -0.15) is 35.1 Å². The van der Waals surface area contributed by atoms with E-state index < -0.39 is 0 Å². The quantitative estimate of drug-likeness (QED) is 0.143. The molecular weight excluding hydrogens is 791 g/mol. The number of aromatic nitrogens is 17. The highest BCUT2D eigenvalue weighted by Crippen LogP contribution is 1.93. The van der Waals surface area contributed by atoms with Crippen LogP contribution in [0.4, 0.5) is 0 Å². The number of hydrogen-bond acceptors (Lipinski definition) is 10. The van der Waals surface area contributed by atoms with Gasteiger partial charge in [0.1, 0.15) is 12.2 Å². The van der Waals surface area contributed by atoms with Crippen LogP contribution in [0.3, 0.4) is 0 Å². The third kappa shape index (κ3) is 50.5. The van der Waals surface area contributed by atoms with Gasteiger partial charge in [0, 0.05) is 73.3 Å². The van der Waals surface area contributed by atoms with Gasteiger partial charge in [-0.15, -0.1) is 10.2 Å². The number of aryl methyl sites for hydroxylation is 14. The molecule has 0 amide bonds. The summed E-state index contributed by atoms with van der Waals surface area (Å²) in [6, 6.07) is 4.06. The van der Waals surface area contributed by atoms with E-state index in [9.17, 15) is 0 Å². The first-order valence-corrected chi connectivity index (χ1v) is 22.3. The third-order valence-corrected chi connectivity index (χ3v) is 5.53. The molecule has 0 spiro atoms. The van der Waals surface area contributed by atoms with E-state index in [2.05, 4.69) is 70.1 Å². The average Bonchev–Trinajstić information content (AvgIpc) is 4.20. The molecule has 0 bridgehead atoms. The first-order chi connectivity index (χ1) is 30.0. The van der Waals surface area contributed by atoms with Gasteiger partial charge in [0.2, 0.25) is 0 Å². The summed E-state index contributed by atoms with van der Waals surface area (Å²) in [7, 11) is 13.2. The van der Waals surface area contributed by atoms with Gasteiger partial charge in [-0.25, -0.2) is 9.97 Å². The maximum absolute atomic E-state index is 4.03. The second kappa shape index (κ2) is 52.4. The molecule has 0 aliphatic carbocycles. The van der Waals surface area contributed by atoms with Gasteiger partial charge >= 0.3 is 0 Å². The second-order valence-electron chi connectivity index (χ2n) is 11.1. The Morgan fingerprint density at radius 3 is 1.05 bits per heavy atom. The fourth-order valence-electron chi connectivity index (χ4n) is 3.53. The van der Waals surface area contributed by atoms with Gasteiger partial charge in [0.15, 0.2) is 5.82 Å². The van der Waals surface area contributed by atoms with Crippen LogP contribution in [0.1, 0.15) is 137 Å². The van der Waals surface area contributed by atoms with Crippen LogP contribution in [0.5, 0.6) is 0 Å². The van der Waals surface area contributed by atoms with Crippen LogP contribution < -0.4 is 0 Å². The van der Waals surface area contributed by atoms with E-state index in [4.69, 9.17) is 0 Å². The molecule has 0 N–H and O–H groups in total. The lowest BCUT2D eigenvalue weighted by Crippen LogP contribution is -1.91. The van der Waals surface area contributed by atoms with Gasteiger partial charge in [-0.3, -0.25) is 14.0 Å². The summed E-state index contributed by atoms with van der Waals surface area (Å²) in [5.41, 5.74) is 5.64. The zero-order chi connectivity index (χ0) is 50.9. The molecule has 0 aliphatic rings. The normalized spacial score (nSPS) is 8.00. The van der Waals surface area contributed by atoms with Gasteiger partial charge in [-0.05, 0) is 76.9 Å². The standard InChI is InChI=1S/C6H9N.3C5H8N2.2C4H7N3.C3H6N4.7C2H6/c1-6-3-4-7(2)5-6;1-5-3-7(2)4-6-5;1-5-3-6-7(2)4-5;1-5-3-4-7(2)6-5;1-4-5-3-7(2)6-4;1-4-3-5-7(2)6-4;1-3-4-6-7(2)5-3;7*1-2/h3-5H,1-2H3;3*3-4H,1-2H3;2*3H,1-2H3;1-2H3;7*1-2H3. The van der Waals surface area contributed by atoms with Crippen LogP contribution in [0.25, 0.3) is 0 Å². The maximum atomic E-state index is 4.03. The summed E-state index contributed by atoms with van der Waals surface area (Å²) < 4.78 is 9.21. The van der Waals surface area contributed by atoms with Gasteiger partial charge in [0.25, 0.3) is 0 Å². The predicted molar refractivity (Wildman–Crippen MR) is 268 cm³/mol. The number of imidazole rings is 1. The molecule has 7 rings (SSSR count). The zero-order valence-electron chi connectivity index (χ0n) is 45.5. The Hall–Kier alpha value is -5.74. The van der Waals surface area contributed by atoms with Crippen molar-refractivity contribution in [1.82, 2.24) is 83.6 Å². The Morgan fingerprint density at radius 2 is 0.937 bits per heavy atom. The fourth-order valence-corrected chi connectivity index (χ4v) is 3.53. The summed E-state index contributed by atoms with van der Waals surface area (Å²) >= 11 is 0. The Labute approximate surface area is 385 Å². The molecule has 0 radical (unpaired) electrons. The minimum Gasteiger partial charge on any atom is -0.357 e. The molecule has 364 valence electrons. The van der Waals surface area contributed by atoms with Gasteiger partial charge in [-0.1, -0.05) is 96.9 Å². The highest BCUT2D eigenvalue weighted by molar-refractivity contribution is 5.06. The van der Waals surface area contributed by atoms with E-state index in [1.54, 1.807) is 53.9 Å². The average molecular weight is 886 g/mol. The van der Waals surface area contributed by atoms with E-state index in [-0.39, 0.29) is 0 Å². The van der Waals surface area contributed by atoms with Crippen molar-refractivity contribution in [2.24, 2.45) is 49.3 Å². The number of rotatable bonds is 0. The Morgan fingerprint density at radius 1 is 0.381 bits per heavy atom. The Kier molecular flexibility index (Phi) is 59.7. The van der Waals surface area contributed by atoms with Crippen molar-refractivity contribution >= 4 is 0 Å². The summed E-state index contributed by atoms with van der Waals surface area (Å²) in [5.74, 6) is 1.53.